The molecule has 0 aromatic carbocycles. The fourth-order valence-corrected chi connectivity index (χ4v) is 0. The molecule has 3 nitrogen and oxygen atoms in total. The van der Waals surface area contributed by atoms with Gasteiger partial charge in [-0.05, 0) is 0 Å². The zero-order valence-electron chi connectivity index (χ0n) is 2.71. The van der Waals surface area contributed by atoms with Crippen molar-refractivity contribution in [2.45, 2.75) is 0 Å². The summed E-state index contributed by atoms with van der Waals surface area (Å²) in [7, 11) is 0. The zero-order chi connectivity index (χ0) is 3.58. The quantitative estimate of drug-likeness (QED) is 0.606. The van der Waals surface area contributed by atoms with Gasteiger partial charge in [0.25, 0.3) is 0 Å². The van der Waals surface area contributed by atoms with Gasteiger partial charge >= 0.3 is 6.16 Å². The van der Waals surface area contributed by atoms with Crippen LogP contribution in [0, 0.1) is 0 Å². The third-order valence-corrected chi connectivity index (χ3v) is 0. The second-order valence-electron chi connectivity index (χ2n) is 0.283. The monoisotopic (exact) mass is 251 g/mol. The molecule has 0 heterocycles. The molecule has 57 valence electrons. The predicted octanol–water partition coefficient (Wildman–Crippen LogP) is 0.215. The molecule has 0 rings (SSSR count). The maximum Gasteiger partial charge on any atom is 0.503 e. The molecule has 0 saturated heterocycles. The van der Waals surface area contributed by atoms with Crippen molar-refractivity contribution >= 4 is 6.16 Å². The van der Waals surface area contributed by atoms with Gasteiger partial charge < -0.3 is 10.2 Å². The maximum absolute atomic E-state index is 8.56. The average Bonchev–Trinajstić information content (AvgIpc) is 0.811. The molecular weight excluding hydrogens is 251 g/mol. The third-order valence-electron chi connectivity index (χ3n) is 0. The van der Waals surface area contributed by atoms with Crippen molar-refractivity contribution < 1.29 is 66.2 Å². The van der Waals surface area contributed by atoms with E-state index in [1.165, 1.54) is 0 Å². The summed E-state index contributed by atoms with van der Waals surface area (Å²) in [5.74, 6) is 0. The molecule has 0 aliphatic heterocycles. The largest absolute Gasteiger partial charge is 0.503 e. The van der Waals surface area contributed by atoms with Crippen LogP contribution in [0.15, 0.2) is 0 Å². The summed E-state index contributed by atoms with van der Waals surface area (Å²) in [5.41, 5.74) is 0. The van der Waals surface area contributed by atoms with Crippen molar-refractivity contribution in [3.8, 4) is 0 Å². The van der Waals surface area contributed by atoms with E-state index in [9.17, 15) is 0 Å². The van der Waals surface area contributed by atoms with Crippen LogP contribution in [-0.2, 0) is 51.2 Å². The molecule has 0 atom stereocenters. The van der Waals surface area contributed by atoms with E-state index < -0.39 is 6.16 Å². The Morgan fingerprint density at radius 1 is 1.00 bits per heavy atom. The van der Waals surface area contributed by atoms with E-state index >= 15 is 0 Å². The van der Waals surface area contributed by atoms with Crippen molar-refractivity contribution in [1.29, 1.82) is 0 Å². The minimum atomic E-state index is -1.83. The Morgan fingerprint density at radius 3 is 1.00 bits per heavy atom. The Labute approximate surface area is 72.3 Å². The van der Waals surface area contributed by atoms with Crippen LogP contribution < -0.4 is 0 Å². The SMILES string of the molecule is O=C(O)O.[Cu].[Cu].[Cu]. The van der Waals surface area contributed by atoms with E-state index in [0.29, 0.717) is 0 Å². The molecule has 0 aromatic rings. The van der Waals surface area contributed by atoms with Crippen LogP contribution in [0.1, 0.15) is 0 Å². The van der Waals surface area contributed by atoms with Gasteiger partial charge in [-0.3, -0.25) is 0 Å². The van der Waals surface area contributed by atoms with Crippen LogP contribution in [0.3, 0.4) is 0 Å². The molecule has 6 heteroatoms. The minimum Gasteiger partial charge on any atom is -0.450 e. The number of carboxylic acid groups (broad SMARTS) is 2. The van der Waals surface area contributed by atoms with E-state index in [2.05, 4.69) is 0 Å². The van der Waals surface area contributed by atoms with Crippen molar-refractivity contribution in [3.63, 3.8) is 0 Å². The van der Waals surface area contributed by atoms with Crippen molar-refractivity contribution in [1.82, 2.24) is 0 Å². The normalized spacial score (nSPS) is 3.43. The molecule has 2 N–H and O–H groups in total. The first-order chi connectivity index (χ1) is 1.73. The Hall–Kier alpha value is 0.828. The van der Waals surface area contributed by atoms with Gasteiger partial charge in [0.05, 0.1) is 0 Å². The molecule has 0 aromatic heterocycles. The molecule has 7 heavy (non-hydrogen) atoms. The number of rotatable bonds is 0. The minimum absolute atomic E-state index is 0. The second-order valence-corrected chi connectivity index (χ2v) is 0.283. The molecular formula is CH2Cu3O3. The van der Waals surface area contributed by atoms with E-state index in [1.54, 1.807) is 0 Å². The first-order valence-corrected chi connectivity index (χ1v) is 0.651. The molecule has 0 saturated carbocycles. The van der Waals surface area contributed by atoms with Gasteiger partial charge in [-0.25, -0.2) is 4.79 Å². The molecule has 0 spiro atoms. The van der Waals surface area contributed by atoms with Crippen LogP contribution in [0.25, 0.3) is 0 Å². The summed E-state index contributed by atoms with van der Waals surface area (Å²) in [4.78, 5) is 8.56. The van der Waals surface area contributed by atoms with Crippen LogP contribution in [-0.4, -0.2) is 16.4 Å². The Kier molecular flexibility index (Phi) is 56.3. The smallest absolute Gasteiger partial charge is 0.450 e. The summed E-state index contributed by atoms with van der Waals surface area (Å²) in [6, 6.07) is 0. The fourth-order valence-electron chi connectivity index (χ4n) is 0. The summed E-state index contributed by atoms with van der Waals surface area (Å²) in [6.07, 6.45) is -1.83. The van der Waals surface area contributed by atoms with Gasteiger partial charge in [-0.15, -0.1) is 0 Å². The Balaban J connectivity index is -0.0000000150. The molecule has 0 aliphatic rings. The summed E-state index contributed by atoms with van der Waals surface area (Å²) < 4.78 is 0. The van der Waals surface area contributed by atoms with Crippen molar-refractivity contribution in [3.05, 3.63) is 0 Å². The maximum atomic E-state index is 8.56. The molecule has 0 amide bonds. The third kappa shape index (κ3) is 232. The summed E-state index contributed by atoms with van der Waals surface area (Å²) in [6.45, 7) is 0. The summed E-state index contributed by atoms with van der Waals surface area (Å²) >= 11 is 0. The zero-order valence-corrected chi connectivity index (χ0v) is 5.53. The van der Waals surface area contributed by atoms with Gasteiger partial charge in [0.2, 0.25) is 0 Å². The first kappa shape index (κ1) is 24.9. The second kappa shape index (κ2) is 15.8. The molecule has 0 bridgehead atoms. The van der Waals surface area contributed by atoms with Crippen molar-refractivity contribution in [2.75, 3.05) is 0 Å². The van der Waals surface area contributed by atoms with Crippen LogP contribution >= 0.6 is 0 Å². The van der Waals surface area contributed by atoms with E-state index in [1.807, 2.05) is 0 Å². The number of hydrogen-bond donors (Lipinski definition) is 2. The average molecular weight is 253 g/mol. The topological polar surface area (TPSA) is 57.5 Å². The predicted molar refractivity (Wildman–Crippen MR) is 10.7 cm³/mol. The van der Waals surface area contributed by atoms with E-state index in [0.717, 1.165) is 0 Å². The van der Waals surface area contributed by atoms with E-state index in [-0.39, 0.29) is 51.2 Å². The summed E-state index contributed by atoms with van der Waals surface area (Å²) in [5, 5.41) is 13.9. The molecule has 0 unspecified atom stereocenters. The first-order valence-electron chi connectivity index (χ1n) is 0.651. The Bertz CT molecular complexity index is 33.2. The standard InChI is InChI=1S/CH2O3.3Cu/c2-1(3)4;;;/h(H2,2,3,4);;;. The van der Waals surface area contributed by atoms with Gasteiger partial charge in [-0.1, -0.05) is 0 Å². The van der Waals surface area contributed by atoms with Crippen molar-refractivity contribution in [2.24, 2.45) is 0 Å². The van der Waals surface area contributed by atoms with Crippen LogP contribution in [0.4, 0.5) is 4.79 Å². The Morgan fingerprint density at radius 2 is 1.00 bits per heavy atom. The fraction of sp³-hybridized carbons (Fsp3) is 0. The van der Waals surface area contributed by atoms with Gasteiger partial charge in [-0.2, -0.15) is 0 Å². The van der Waals surface area contributed by atoms with Crippen LogP contribution in [0.2, 0.25) is 0 Å². The number of hydrogen-bond acceptors (Lipinski definition) is 1. The van der Waals surface area contributed by atoms with Gasteiger partial charge in [0, 0.05) is 51.2 Å². The van der Waals surface area contributed by atoms with Gasteiger partial charge in [0.1, 0.15) is 0 Å². The molecule has 0 fully saturated rings. The molecule has 0 aliphatic carbocycles. The molecule has 3 radical (unpaired) electrons. The van der Waals surface area contributed by atoms with E-state index in [4.69, 9.17) is 15.0 Å². The van der Waals surface area contributed by atoms with Gasteiger partial charge in [0.15, 0.2) is 0 Å². The van der Waals surface area contributed by atoms with Crippen LogP contribution in [0.5, 0.6) is 0 Å². The number of carbonyl (C=O) groups is 1.